The summed E-state index contributed by atoms with van der Waals surface area (Å²) in [4.78, 5) is 12.0. The highest BCUT2D eigenvalue weighted by atomic mass is 19.1. The molecule has 0 spiro atoms. The van der Waals surface area contributed by atoms with Crippen LogP contribution in [0.1, 0.15) is 44.2 Å². The third-order valence-electron chi connectivity index (χ3n) is 4.13. The van der Waals surface area contributed by atoms with Gasteiger partial charge in [0.2, 0.25) is 5.91 Å². The molecule has 1 atom stereocenters. The van der Waals surface area contributed by atoms with Crippen molar-refractivity contribution in [3.63, 3.8) is 0 Å². The Morgan fingerprint density at radius 2 is 2.05 bits per heavy atom. The second kappa shape index (κ2) is 5.70. The molecule has 1 aromatic carbocycles. The summed E-state index contributed by atoms with van der Waals surface area (Å²) in [6.07, 6.45) is 3.75. The molecule has 3 nitrogen and oxygen atoms in total. The first-order chi connectivity index (χ1) is 9.04. The van der Waals surface area contributed by atoms with Gasteiger partial charge >= 0.3 is 0 Å². The van der Waals surface area contributed by atoms with Gasteiger partial charge in [0.1, 0.15) is 5.82 Å². The van der Waals surface area contributed by atoms with Crippen LogP contribution in [0, 0.1) is 11.2 Å². The van der Waals surface area contributed by atoms with Crippen LogP contribution in [0.3, 0.4) is 0 Å². The lowest BCUT2D eigenvalue weighted by atomic mass is 9.66. The minimum absolute atomic E-state index is 0.0204. The molecule has 0 unspecified atom stereocenters. The molecule has 3 N–H and O–H groups in total. The van der Waals surface area contributed by atoms with Gasteiger partial charge in [-0.2, -0.15) is 0 Å². The van der Waals surface area contributed by atoms with E-state index in [9.17, 15) is 9.18 Å². The van der Waals surface area contributed by atoms with Gasteiger partial charge in [0.05, 0.1) is 6.04 Å². The van der Waals surface area contributed by atoms with Crippen molar-refractivity contribution in [2.75, 3.05) is 6.54 Å². The second-order valence-corrected chi connectivity index (χ2v) is 5.58. The number of hydrogen-bond donors (Lipinski definition) is 2. The SMILES string of the molecule is C[C@H](NC(=O)CC1(CN)CCC1)c1ccc(F)cc1. The molecule has 2 rings (SSSR count). The molecular weight excluding hydrogens is 243 g/mol. The molecular formula is C15H21FN2O. The lowest BCUT2D eigenvalue weighted by Gasteiger charge is -2.40. The highest BCUT2D eigenvalue weighted by Crippen LogP contribution is 2.42. The van der Waals surface area contributed by atoms with Crippen LogP contribution in [0.25, 0.3) is 0 Å². The molecule has 0 heterocycles. The number of amides is 1. The fourth-order valence-electron chi connectivity index (χ4n) is 2.60. The van der Waals surface area contributed by atoms with Gasteiger partial charge in [0.15, 0.2) is 0 Å². The minimum atomic E-state index is -0.265. The maximum absolute atomic E-state index is 12.8. The molecule has 0 bridgehead atoms. The van der Waals surface area contributed by atoms with Gasteiger partial charge in [-0.05, 0) is 49.4 Å². The van der Waals surface area contributed by atoms with Crippen molar-refractivity contribution in [3.8, 4) is 0 Å². The number of benzene rings is 1. The fraction of sp³-hybridized carbons (Fsp3) is 0.533. The summed E-state index contributed by atoms with van der Waals surface area (Å²) in [6.45, 7) is 2.48. The summed E-state index contributed by atoms with van der Waals surface area (Å²) in [5, 5.41) is 2.96. The van der Waals surface area contributed by atoms with E-state index in [0.717, 1.165) is 24.8 Å². The van der Waals surface area contributed by atoms with Crippen LogP contribution in [0.5, 0.6) is 0 Å². The Bertz CT molecular complexity index is 434. The van der Waals surface area contributed by atoms with Gasteiger partial charge in [-0.25, -0.2) is 4.39 Å². The van der Waals surface area contributed by atoms with E-state index in [1.54, 1.807) is 12.1 Å². The van der Waals surface area contributed by atoms with Crippen LogP contribution in [-0.2, 0) is 4.79 Å². The average Bonchev–Trinajstić information content (AvgIpc) is 2.34. The van der Waals surface area contributed by atoms with E-state index in [4.69, 9.17) is 5.73 Å². The first kappa shape index (κ1) is 14.0. The average molecular weight is 264 g/mol. The van der Waals surface area contributed by atoms with E-state index in [2.05, 4.69) is 5.32 Å². The molecule has 1 amide bonds. The van der Waals surface area contributed by atoms with Crippen LogP contribution in [-0.4, -0.2) is 12.5 Å². The van der Waals surface area contributed by atoms with Crippen molar-refractivity contribution in [2.24, 2.45) is 11.1 Å². The smallest absolute Gasteiger partial charge is 0.221 e. The largest absolute Gasteiger partial charge is 0.350 e. The maximum Gasteiger partial charge on any atom is 0.221 e. The topological polar surface area (TPSA) is 55.1 Å². The molecule has 1 fully saturated rings. The second-order valence-electron chi connectivity index (χ2n) is 5.58. The Balaban J connectivity index is 1.89. The van der Waals surface area contributed by atoms with Gasteiger partial charge in [-0.3, -0.25) is 4.79 Å². The van der Waals surface area contributed by atoms with Gasteiger partial charge in [-0.15, -0.1) is 0 Å². The van der Waals surface area contributed by atoms with Crippen molar-refractivity contribution in [1.82, 2.24) is 5.32 Å². The molecule has 1 aliphatic rings. The molecule has 1 aromatic rings. The summed E-state index contributed by atoms with van der Waals surface area (Å²) in [7, 11) is 0. The summed E-state index contributed by atoms with van der Waals surface area (Å²) in [5.74, 6) is -0.235. The molecule has 0 radical (unpaired) electrons. The Morgan fingerprint density at radius 1 is 1.42 bits per heavy atom. The van der Waals surface area contributed by atoms with Gasteiger partial charge in [-0.1, -0.05) is 18.6 Å². The first-order valence-electron chi connectivity index (χ1n) is 6.80. The van der Waals surface area contributed by atoms with Crippen LogP contribution in [0.2, 0.25) is 0 Å². The zero-order chi connectivity index (χ0) is 13.9. The standard InChI is InChI=1S/C15H21FN2O/c1-11(12-3-5-13(16)6-4-12)18-14(19)9-15(10-17)7-2-8-15/h3-6,11H,2,7-10,17H2,1H3,(H,18,19)/t11-/m0/s1. The van der Waals surface area contributed by atoms with Crippen LogP contribution in [0.15, 0.2) is 24.3 Å². The Hall–Kier alpha value is -1.42. The third-order valence-corrected chi connectivity index (χ3v) is 4.13. The quantitative estimate of drug-likeness (QED) is 0.858. The molecule has 0 aromatic heterocycles. The van der Waals surface area contributed by atoms with Crippen molar-refractivity contribution in [2.45, 2.75) is 38.6 Å². The summed E-state index contributed by atoms with van der Waals surface area (Å²) in [6, 6.07) is 6.10. The van der Waals surface area contributed by atoms with Crippen LogP contribution >= 0.6 is 0 Å². The van der Waals surface area contributed by atoms with Gasteiger partial charge in [0.25, 0.3) is 0 Å². The van der Waals surface area contributed by atoms with Gasteiger partial charge in [0, 0.05) is 6.42 Å². The van der Waals surface area contributed by atoms with Gasteiger partial charge < -0.3 is 11.1 Å². The highest BCUT2D eigenvalue weighted by Gasteiger charge is 2.37. The fourth-order valence-corrected chi connectivity index (χ4v) is 2.60. The molecule has 4 heteroatoms. The predicted octanol–water partition coefficient (Wildman–Crippen LogP) is 2.52. The van der Waals surface area contributed by atoms with Crippen molar-refractivity contribution in [1.29, 1.82) is 0 Å². The molecule has 0 aliphatic heterocycles. The highest BCUT2D eigenvalue weighted by molar-refractivity contribution is 5.77. The molecule has 19 heavy (non-hydrogen) atoms. The number of rotatable bonds is 5. The third kappa shape index (κ3) is 3.32. The van der Waals surface area contributed by atoms with E-state index in [1.807, 2.05) is 6.92 Å². The van der Waals surface area contributed by atoms with E-state index in [-0.39, 0.29) is 23.2 Å². The Kier molecular flexibility index (Phi) is 4.20. The Labute approximate surface area is 113 Å². The summed E-state index contributed by atoms with van der Waals surface area (Å²) < 4.78 is 12.8. The minimum Gasteiger partial charge on any atom is -0.350 e. The van der Waals surface area contributed by atoms with Crippen molar-refractivity contribution < 1.29 is 9.18 Å². The summed E-state index contributed by atoms with van der Waals surface area (Å²) >= 11 is 0. The number of nitrogens with one attached hydrogen (secondary N) is 1. The van der Waals surface area contributed by atoms with E-state index < -0.39 is 0 Å². The predicted molar refractivity (Wildman–Crippen MR) is 72.9 cm³/mol. The monoisotopic (exact) mass is 264 g/mol. The molecule has 104 valence electrons. The van der Waals surface area contributed by atoms with Crippen LogP contribution in [0.4, 0.5) is 4.39 Å². The number of carbonyl (C=O) groups excluding carboxylic acids is 1. The van der Waals surface area contributed by atoms with Crippen molar-refractivity contribution in [3.05, 3.63) is 35.6 Å². The first-order valence-corrected chi connectivity index (χ1v) is 6.80. The lowest BCUT2D eigenvalue weighted by molar-refractivity contribution is -0.125. The molecule has 1 aliphatic carbocycles. The summed E-state index contributed by atoms with van der Waals surface area (Å²) in [5.41, 5.74) is 6.68. The molecule has 0 saturated heterocycles. The number of halogens is 1. The normalized spacial score (nSPS) is 18.5. The lowest BCUT2D eigenvalue weighted by Crippen LogP contribution is -2.42. The van der Waals surface area contributed by atoms with E-state index >= 15 is 0 Å². The number of carbonyl (C=O) groups is 1. The zero-order valence-electron chi connectivity index (χ0n) is 11.3. The van der Waals surface area contributed by atoms with Crippen LogP contribution < -0.4 is 11.1 Å². The number of nitrogens with two attached hydrogens (primary N) is 1. The van der Waals surface area contributed by atoms with Crippen molar-refractivity contribution >= 4 is 5.91 Å². The zero-order valence-corrected chi connectivity index (χ0v) is 11.3. The maximum atomic E-state index is 12.8. The van der Waals surface area contributed by atoms with E-state index in [0.29, 0.717) is 13.0 Å². The molecule has 1 saturated carbocycles. The number of hydrogen-bond acceptors (Lipinski definition) is 2. The Morgan fingerprint density at radius 3 is 2.53 bits per heavy atom. The van der Waals surface area contributed by atoms with E-state index in [1.165, 1.54) is 12.1 Å².